The molecule has 38 heavy (non-hydrogen) atoms. The minimum atomic E-state index is -4.80. The highest BCUT2D eigenvalue weighted by Crippen LogP contribution is 2.49. The van der Waals surface area contributed by atoms with E-state index in [2.05, 4.69) is 10.1 Å². The van der Waals surface area contributed by atoms with Gasteiger partial charge in [-0.25, -0.2) is 0 Å². The quantitative estimate of drug-likeness (QED) is 0.484. The van der Waals surface area contributed by atoms with Crippen LogP contribution in [0.5, 0.6) is 5.75 Å². The molecular formula is C27H28Cl2F3N3O3. The molecule has 2 heterocycles. The second-order valence-corrected chi connectivity index (χ2v) is 11.3. The van der Waals surface area contributed by atoms with Gasteiger partial charge >= 0.3 is 6.36 Å². The first kappa shape index (κ1) is 27.1. The number of carbonyl (C=O) groups excluding carboxylic acids is 2. The number of fused-ring (bicyclic) bond motifs is 2. The maximum absolute atomic E-state index is 13.9. The number of halogens is 5. The number of hydrogen-bond donors (Lipinski definition) is 2. The molecule has 2 aromatic rings. The Morgan fingerprint density at radius 2 is 1.71 bits per heavy atom. The highest BCUT2D eigenvalue weighted by molar-refractivity contribution is 6.35. The molecule has 3 aliphatic rings. The number of nitrogens with zero attached hydrogens (tertiary/aromatic N) is 1. The molecule has 5 rings (SSSR count). The number of carbonyl (C=O) groups is 2. The number of piperidine rings is 1. The first-order valence-electron chi connectivity index (χ1n) is 12.6. The molecule has 1 aliphatic carbocycles. The van der Waals surface area contributed by atoms with Crippen molar-refractivity contribution in [2.45, 2.75) is 80.9 Å². The Balaban J connectivity index is 1.38. The van der Waals surface area contributed by atoms with Crippen molar-refractivity contribution in [1.82, 2.24) is 10.2 Å². The molecule has 3 N–H and O–H groups in total. The van der Waals surface area contributed by atoms with Crippen LogP contribution in [-0.2, 0) is 21.4 Å². The summed E-state index contributed by atoms with van der Waals surface area (Å²) in [6.07, 6.45) is -0.385. The van der Waals surface area contributed by atoms with Gasteiger partial charge in [-0.1, -0.05) is 41.4 Å². The van der Waals surface area contributed by atoms with E-state index in [0.29, 0.717) is 34.0 Å². The molecule has 2 bridgehead atoms. The molecule has 2 saturated heterocycles. The average Bonchev–Trinajstić information content (AvgIpc) is 3.60. The van der Waals surface area contributed by atoms with Crippen molar-refractivity contribution in [3.8, 4) is 5.75 Å². The molecular weight excluding hydrogens is 542 g/mol. The Hall–Kier alpha value is -2.49. The van der Waals surface area contributed by atoms with Crippen molar-refractivity contribution in [2.75, 3.05) is 0 Å². The average molecular weight is 570 g/mol. The zero-order valence-corrected chi connectivity index (χ0v) is 22.0. The van der Waals surface area contributed by atoms with E-state index in [1.165, 1.54) is 24.3 Å². The first-order valence-corrected chi connectivity index (χ1v) is 13.4. The van der Waals surface area contributed by atoms with Gasteiger partial charge in [-0.3, -0.25) is 9.59 Å². The van der Waals surface area contributed by atoms with E-state index in [-0.39, 0.29) is 42.1 Å². The fourth-order valence-electron chi connectivity index (χ4n) is 5.91. The molecule has 0 aromatic heterocycles. The number of hydrogen-bond acceptors (Lipinski definition) is 4. The second-order valence-electron chi connectivity index (χ2n) is 10.5. The van der Waals surface area contributed by atoms with E-state index >= 15 is 0 Å². The van der Waals surface area contributed by atoms with E-state index in [0.717, 1.165) is 25.7 Å². The van der Waals surface area contributed by atoms with Crippen LogP contribution in [0.4, 0.5) is 13.2 Å². The highest BCUT2D eigenvalue weighted by Gasteiger charge is 2.53. The van der Waals surface area contributed by atoms with Crippen LogP contribution in [0.15, 0.2) is 42.5 Å². The van der Waals surface area contributed by atoms with E-state index in [1.54, 1.807) is 18.2 Å². The predicted octanol–water partition coefficient (Wildman–Crippen LogP) is 5.13. The summed E-state index contributed by atoms with van der Waals surface area (Å²) in [5.74, 6) is -0.873. The summed E-state index contributed by atoms with van der Waals surface area (Å²) in [5.41, 5.74) is 6.53. The van der Waals surface area contributed by atoms with Crippen molar-refractivity contribution >= 4 is 35.0 Å². The Labute approximate surface area is 228 Å². The van der Waals surface area contributed by atoms with E-state index in [9.17, 15) is 22.8 Å². The molecule has 2 aliphatic heterocycles. The summed E-state index contributed by atoms with van der Waals surface area (Å²) in [6.45, 7) is 0. The first-order chi connectivity index (χ1) is 17.9. The summed E-state index contributed by atoms with van der Waals surface area (Å²) < 4.78 is 41.6. The lowest BCUT2D eigenvalue weighted by Crippen LogP contribution is -2.58. The van der Waals surface area contributed by atoms with Gasteiger partial charge in [-0.2, -0.15) is 0 Å². The third kappa shape index (κ3) is 5.60. The van der Waals surface area contributed by atoms with Crippen molar-refractivity contribution < 1.29 is 27.5 Å². The van der Waals surface area contributed by atoms with Crippen LogP contribution in [-0.4, -0.2) is 47.2 Å². The topological polar surface area (TPSA) is 84.7 Å². The van der Waals surface area contributed by atoms with Crippen LogP contribution in [0.2, 0.25) is 10.0 Å². The van der Waals surface area contributed by atoms with Gasteiger partial charge in [0, 0.05) is 34.6 Å². The summed E-state index contributed by atoms with van der Waals surface area (Å²) >= 11 is 12.5. The fraction of sp³-hybridized carbons (Fsp3) is 0.481. The zero-order valence-electron chi connectivity index (χ0n) is 20.4. The third-order valence-electron chi connectivity index (χ3n) is 7.89. The number of rotatable bonds is 7. The van der Waals surface area contributed by atoms with Crippen molar-refractivity contribution in [3.05, 3.63) is 63.6 Å². The number of benzene rings is 2. The molecule has 3 fully saturated rings. The standard InChI is InChI=1S/C27H28Cl2F3N3O3/c28-17-4-1-15(22(29)12-17)11-23(24(36)35-19-5-6-20(35)14-18(33)13-19)34-25(37)26(9-10-26)16-2-7-21(8-3-16)38-27(30,31)32/h1-4,7-8,12,18-20,23H,5-6,9-11,13-14,33H2,(H,34,37)/t18?,19?,20?,23-/m0/s1. The summed E-state index contributed by atoms with van der Waals surface area (Å²) in [6, 6.07) is 9.59. The van der Waals surface area contributed by atoms with Crippen LogP contribution < -0.4 is 15.8 Å². The van der Waals surface area contributed by atoms with Crippen LogP contribution in [0.25, 0.3) is 0 Å². The number of nitrogens with two attached hydrogens (primary N) is 1. The lowest BCUT2D eigenvalue weighted by molar-refractivity contribution is -0.274. The molecule has 11 heteroatoms. The van der Waals surface area contributed by atoms with Crippen LogP contribution >= 0.6 is 23.2 Å². The second kappa shape index (κ2) is 10.2. The summed E-state index contributed by atoms with van der Waals surface area (Å²) in [5, 5.41) is 3.83. The molecule has 204 valence electrons. The Bertz CT molecular complexity index is 1210. The van der Waals surface area contributed by atoms with Gasteiger partial charge in [0.15, 0.2) is 0 Å². The monoisotopic (exact) mass is 569 g/mol. The minimum Gasteiger partial charge on any atom is -0.406 e. The molecule has 1 saturated carbocycles. The van der Waals surface area contributed by atoms with Crippen molar-refractivity contribution in [1.29, 1.82) is 0 Å². The van der Waals surface area contributed by atoms with E-state index in [1.807, 2.05) is 4.90 Å². The Morgan fingerprint density at radius 1 is 1.08 bits per heavy atom. The molecule has 2 unspecified atom stereocenters. The van der Waals surface area contributed by atoms with E-state index in [4.69, 9.17) is 28.9 Å². The van der Waals surface area contributed by atoms with Gasteiger partial charge in [0.2, 0.25) is 11.8 Å². The van der Waals surface area contributed by atoms with Gasteiger partial charge in [-0.05, 0) is 73.9 Å². The normalized spacial score (nSPS) is 24.6. The molecule has 2 aromatic carbocycles. The minimum absolute atomic E-state index is 0.0346. The predicted molar refractivity (Wildman–Crippen MR) is 137 cm³/mol. The molecule has 3 atom stereocenters. The molecule has 0 radical (unpaired) electrons. The Kier molecular flexibility index (Phi) is 7.30. The van der Waals surface area contributed by atoms with Crippen LogP contribution in [0.1, 0.15) is 49.7 Å². The van der Waals surface area contributed by atoms with Gasteiger partial charge < -0.3 is 20.7 Å². The number of amides is 2. The van der Waals surface area contributed by atoms with E-state index < -0.39 is 17.8 Å². The number of ether oxygens (including phenoxy) is 1. The van der Waals surface area contributed by atoms with Crippen molar-refractivity contribution in [2.24, 2.45) is 5.73 Å². The number of nitrogens with one attached hydrogen (secondary N) is 1. The van der Waals surface area contributed by atoms with Crippen LogP contribution in [0.3, 0.4) is 0 Å². The summed E-state index contributed by atoms with van der Waals surface area (Å²) in [7, 11) is 0. The lowest BCUT2D eigenvalue weighted by atomic mass is 9.93. The number of alkyl halides is 3. The molecule has 0 spiro atoms. The maximum atomic E-state index is 13.9. The smallest absolute Gasteiger partial charge is 0.406 e. The largest absolute Gasteiger partial charge is 0.573 e. The van der Waals surface area contributed by atoms with Gasteiger partial charge in [0.1, 0.15) is 11.8 Å². The van der Waals surface area contributed by atoms with Crippen LogP contribution in [0, 0.1) is 0 Å². The maximum Gasteiger partial charge on any atom is 0.573 e. The molecule has 6 nitrogen and oxygen atoms in total. The van der Waals surface area contributed by atoms with Gasteiger partial charge in [-0.15, -0.1) is 13.2 Å². The zero-order chi connectivity index (χ0) is 27.2. The lowest BCUT2D eigenvalue weighted by Gasteiger charge is -2.40. The molecule has 2 amide bonds. The fourth-order valence-corrected chi connectivity index (χ4v) is 6.40. The van der Waals surface area contributed by atoms with Gasteiger partial charge in [0.05, 0.1) is 5.41 Å². The highest BCUT2D eigenvalue weighted by atomic mass is 35.5. The SMILES string of the molecule is NC1CC2CCC(C1)N2C(=O)[C@H](Cc1ccc(Cl)cc1Cl)NC(=O)C1(c2ccc(OC(F)(F)F)cc2)CC1. The van der Waals surface area contributed by atoms with Gasteiger partial charge in [0.25, 0.3) is 0 Å². The summed E-state index contributed by atoms with van der Waals surface area (Å²) in [4.78, 5) is 29.4. The third-order valence-corrected chi connectivity index (χ3v) is 8.48. The Morgan fingerprint density at radius 3 is 2.26 bits per heavy atom. The van der Waals surface area contributed by atoms with Crippen molar-refractivity contribution in [3.63, 3.8) is 0 Å².